The number of nitrogens with two attached hydrogens (primary N) is 1. The number of allylic oxidation sites excluding steroid dienone is 24. The number of phosphoric ester groups is 1. The van der Waals surface area contributed by atoms with Crippen LogP contribution in [0.3, 0.4) is 0 Å². The van der Waals surface area contributed by atoms with Gasteiger partial charge in [0.25, 0.3) is 0 Å². The molecule has 364 valence electrons. The summed E-state index contributed by atoms with van der Waals surface area (Å²) in [5, 5.41) is 0. The second-order valence-corrected chi connectivity index (χ2v) is 16.7. The van der Waals surface area contributed by atoms with Gasteiger partial charge in [0.1, 0.15) is 6.61 Å². The van der Waals surface area contributed by atoms with Crippen LogP contribution in [0.5, 0.6) is 0 Å². The van der Waals surface area contributed by atoms with E-state index in [1.54, 1.807) is 0 Å². The Hall–Kier alpha value is -4.11. The maximum absolute atomic E-state index is 12.6. The van der Waals surface area contributed by atoms with Gasteiger partial charge in [-0.15, -0.1) is 0 Å². The fraction of sp³-hybridized carbons (Fsp3) is 0.527. The van der Waals surface area contributed by atoms with E-state index < -0.39 is 32.5 Å². The minimum absolute atomic E-state index is 0.0331. The van der Waals surface area contributed by atoms with Crippen molar-refractivity contribution in [3.8, 4) is 0 Å². The van der Waals surface area contributed by atoms with Gasteiger partial charge >= 0.3 is 19.8 Å². The van der Waals surface area contributed by atoms with Crippen molar-refractivity contribution >= 4 is 19.8 Å². The van der Waals surface area contributed by atoms with Gasteiger partial charge in [0.05, 0.1) is 13.2 Å². The molecule has 2 unspecified atom stereocenters. The zero-order valence-corrected chi connectivity index (χ0v) is 41.0. The Morgan fingerprint density at radius 3 is 1.25 bits per heavy atom. The van der Waals surface area contributed by atoms with E-state index in [0.29, 0.717) is 12.8 Å². The van der Waals surface area contributed by atoms with E-state index in [2.05, 4.69) is 148 Å². The number of hydrogen-bond acceptors (Lipinski definition) is 8. The molecule has 9 nitrogen and oxygen atoms in total. The van der Waals surface area contributed by atoms with Crippen molar-refractivity contribution < 1.29 is 37.6 Å². The second kappa shape index (κ2) is 49.3. The van der Waals surface area contributed by atoms with Gasteiger partial charge in [-0.25, -0.2) is 4.57 Å². The van der Waals surface area contributed by atoms with Gasteiger partial charge < -0.3 is 20.1 Å². The van der Waals surface area contributed by atoms with Crippen molar-refractivity contribution in [2.45, 2.75) is 161 Å². The van der Waals surface area contributed by atoms with E-state index in [4.69, 9.17) is 24.3 Å². The third-order valence-corrected chi connectivity index (χ3v) is 10.2. The molecule has 0 saturated carbocycles. The summed E-state index contributed by atoms with van der Waals surface area (Å²) >= 11 is 0. The molecule has 0 heterocycles. The van der Waals surface area contributed by atoms with Crippen molar-refractivity contribution in [1.82, 2.24) is 0 Å². The Kier molecular flexibility index (Phi) is 46.2. The molecular formula is C55H86NO8P. The summed E-state index contributed by atoms with van der Waals surface area (Å²) in [7, 11) is -4.41. The molecule has 0 bridgehead atoms. The molecule has 0 aromatic heterocycles. The summed E-state index contributed by atoms with van der Waals surface area (Å²) in [6.07, 6.45) is 70.5. The van der Waals surface area contributed by atoms with Crippen LogP contribution >= 0.6 is 7.82 Å². The molecule has 0 saturated heterocycles. The van der Waals surface area contributed by atoms with Gasteiger partial charge in [0, 0.05) is 19.4 Å². The van der Waals surface area contributed by atoms with Crippen LogP contribution in [0.4, 0.5) is 0 Å². The Morgan fingerprint density at radius 2 is 0.831 bits per heavy atom. The fourth-order valence-electron chi connectivity index (χ4n) is 5.72. The Morgan fingerprint density at radius 1 is 0.462 bits per heavy atom. The van der Waals surface area contributed by atoms with Gasteiger partial charge in [0.15, 0.2) is 6.10 Å². The predicted molar refractivity (Wildman–Crippen MR) is 274 cm³/mol. The standard InChI is InChI=1S/C55H86NO8P/c1-3-5-7-9-11-13-15-17-18-19-20-21-22-23-24-25-26-27-28-29-30-31-32-33-34-36-38-40-42-44-46-48-55(58)64-53(52-63-65(59,60)62-50-49-56)51-61-54(57)47-45-43-41-39-37-35-16-14-12-10-8-6-4-2/h5-8,11-14,17-18,20-21,23-24,26-27,29-30,32-33,35,37,41,43,53H,3-4,9-10,15-16,19,22,25,28,31,34,36,38-40,42,44-52,56H2,1-2H3,(H,59,60)/b7-5-,8-6-,13-11-,14-12-,18-17-,21-20-,24-23-,27-26-,30-29-,33-32-,37-35-,43-41-. The summed E-state index contributed by atoms with van der Waals surface area (Å²) in [5.74, 6) is -0.957. The first-order valence-corrected chi connectivity index (χ1v) is 25.8. The maximum atomic E-state index is 12.6. The molecule has 0 radical (unpaired) electrons. The minimum atomic E-state index is -4.41. The number of rotatable bonds is 43. The molecule has 65 heavy (non-hydrogen) atoms. The smallest absolute Gasteiger partial charge is 0.462 e. The number of esters is 2. The van der Waals surface area contributed by atoms with Gasteiger partial charge in [-0.1, -0.05) is 185 Å². The highest BCUT2D eigenvalue weighted by Crippen LogP contribution is 2.43. The van der Waals surface area contributed by atoms with Crippen LogP contribution in [0.2, 0.25) is 0 Å². The molecule has 0 aromatic rings. The van der Waals surface area contributed by atoms with Gasteiger partial charge in [0.2, 0.25) is 0 Å². The van der Waals surface area contributed by atoms with Gasteiger partial charge in [-0.05, 0) is 103 Å². The Bertz CT molecular complexity index is 1560. The topological polar surface area (TPSA) is 134 Å². The van der Waals surface area contributed by atoms with Crippen LogP contribution < -0.4 is 5.73 Å². The summed E-state index contributed by atoms with van der Waals surface area (Å²) in [6, 6.07) is 0. The molecule has 0 fully saturated rings. The zero-order chi connectivity index (χ0) is 47.4. The maximum Gasteiger partial charge on any atom is 0.472 e. The second-order valence-electron chi connectivity index (χ2n) is 15.2. The number of carbonyl (C=O) groups excluding carboxylic acids is 2. The first-order chi connectivity index (χ1) is 31.8. The first kappa shape index (κ1) is 60.9. The van der Waals surface area contributed by atoms with Crippen LogP contribution in [0.1, 0.15) is 155 Å². The lowest BCUT2D eigenvalue weighted by atomic mass is 10.1. The highest BCUT2D eigenvalue weighted by molar-refractivity contribution is 7.47. The molecule has 10 heteroatoms. The Labute approximate surface area is 395 Å². The van der Waals surface area contributed by atoms with Crippen molar-refractivity contribution in [3.05, 3.63) is 146 Å². The molecule has 0 aromatic carbocycles. The average Bonchev–Trinajstić information content (AvgIpc) is 3.30. The number of carbonyl (C=O) groups is 2. The fourth-order valence-corrected chi connectivity index (χ4v) is 6.49. The highest BCUT2D eigenvalue weighted by atomic mass is 31.2. The zero-order valence-electron chi connectivity index (χ0n) is 40.1. The molecule has 0 rings (SSSR count). The summed E-state index contributed by atoms with van der Waals surface area (Å²) in [5.41, 5.74) is 5.35. The minimum Gasteiger partial charge on any atom is -0.462 e. The molecule has 2 atom stereocenters. The quantitative estimate of drug-likeness (QED) is 0.0265. The molecule has 3 N–H and O–H groups in total. The normalized spacial score (nSPS) is 14.5. The third kappa shape index (κ3) is 49.2. The lowest BCUT2D eigenvalue weighted by Gasteiger charge is -2.19. The highest BCUT2D eigenvalue weighted by Gasteiger charge is 2.25. The van der Waals surface area contributed by atoms with E-state index in [1.807, 2.05) is 12.2 Å². The van der Waals surface area contributed by atoms with E-state index in [1.165, 1.54) is 0 Å². The van der Waals surface area contributed by atoms with Crippen LogP contribution in [0.15, 0.2) is 146 Å². The predicted octanol–water partition coefficient (Wildman–Crippen LogP) is 14.8. The molecule has 0 amide bonds. The number of ether oxygens (including phenoxy) is 2. The molecular weight excluding hydrogens is 834 g/mol. The van der Waals surface area contributed by atoms with E-state index in [0.717, 1.165) is 116 Å². The largest absolute Gasteiger partial charge is 0.472 e. The monoisotopic (exact) mass is 920 g/mol. The van der Waals surface area contributed by atoms with E-state index in [-0.39, 0.29) is 32.6 Å². The van der Waals surface area contributed by atoms with Crippen molar-refractivity contribution in [2.75, 3.05) is 26.4 Å². The van der Waals surface area contributed by atoms with Gasteiger partial charge in [-0.2, -0.15) is 0 Å². The lowest BCUT2D eigenvalue weighted by Crippen LogP contribution is -2.29. The number of phosphoric acid groups is 1. The lowest BCUT2D eigenvalue weighted by molar-refractivity contribution is -0.161. The van der Waals surface area contributed by atoms with Crippen LogP contribution in [-0.2, 0) is 32.7 Å². The van der Waals surface area contributed by atoms with Crippen molar-refractivity contribution in [1.29, 1.82) is 0 Å². The van der Waals surface area contributed by atoms with Crippen LogP contribution in [0, 0.1) is 0 Å². The molecule has 0 aliphatic rings. The summed E-state index contributed by atoms with van der Waals surface area (Å²) in [6.45, 7) is 3.36. The first-order valence-electron chi connectivity index (χ1n) is 24.3. The number of unbranched alkanes of at least 4 members (excludes halogenated alkanes) is 6. The molecule has 0 spiro atoms. The number of hydrogen-bond donors (Lipinski definition) is 2. The summed E-state index contributed by atoms with van der Waals surface area (Å²) in [4.78, 5) is 34.9. The van der Waals surface area contributed by atoms with Gasteiger partial charge in [-0.3, -0.25) is 18.6 Å². The Balaban J connectivity index is 4.17. The SMILES string of the molecule is CC/C=C\C/C=C\C/C=C\C/C=C\C/C=C\C/C=C\C/C=C\C/C=C\CCCCCCCCC(=O)OC(COC(=O)CC/C=C\C/C=C\C/C=C\C/C=C\CC)COP(=O)(O)OCCN. The van der Waals surface area contributed by atoms with E-state index in [9.17, 15) is 19.0 Å². The molecule has 0 aliphatic carbocycles. The van der Waals surface area contributed by atoms with Crippen molar-refractivity contribution in [2.24, 2.45) is 5.73 Å². The molecule has 0 aliphatic heterocycles. The average molecular weight is 920 g/mol. The van der Waals surface area contributed by atoms with Crippen LogP contribution in [-0.4, -0.2) is 49.3 Å². The van der Waals surface area contributed by atoms with Crippen LogP contribution in [0.25, 0.3) is 0 Å². The van der Waals surface area contributed by atoms with E-state index >= 15 is 0 Å². The third-order valence-electron chi connectivity index (χ3n) is 9.23. The van der Waals surface area contributed by atoms with Crippen molar-refractivity contribution in [3.63, 3.8) is 0 Å². The summed E-state index contributed by atoms with van der Waals surface area (Å²) < 4.78 is 32.7.